The number of methoxy groups -OCH3 is 1. The minimum atomic E-state index is -0.580. The third-order valence-electron chi connectivity index (χ3n) is 5.19. The standard InChI is InChI=1S/C19H23NO3/c1-19-10-4-3-5-13(19)11-17(21)16(12-19)18(22)20-14-6-8-15(23-2)9-7-14/h6-9,11,16H,3-5,10,12H2,1-2H3,(H,20,22)/t16?,19-/m0/s1. The van der Waals surface area contributed by atoms with Crippen LogP contribution in [-0.4, -0.2) is 18.8 Å². The molecule has 23 heavy (non-hydrogen) atoms. The van der Waals surface area contributed by atoms with Crippen molar-refractivity contribution in [1.29, 1.82) is 0 Å². The summed E-state index contributed by atoms with van der Waals surface area (Å²) >= 11 is 0. The molecule has 0 aromatic heterocycles. The summed E-state index contributed by atoms with van der Waals surface area (Å²) in [4.78, 5) is 24.9. The molecule has 1 aromatic carbocycles. The number of ketones is 1. The van der Waals surface area contributed by atoms with Crippen LogP contribution in [0.1, 0.15) is 39.0 Å². The second kappa shape index (κ2) is 6.19. The molecule has 2 atom stereocenters. The highest BCUT2D eigenvalue weighted by molar-refractivity contribution is 6.12. The lowest BCUT2D eigenvalue weighted by Crippen LogP contribution is -2.39. The van der Waals surface area contributed by atoms with Crippen molar-refractivity contribution in [2.75, 3.05) is 12.4 Å². The first kappa shape index (κ1) is 15.8. The quantitative estimate of drug-likeness (QED) is 0.865. The Morgan fingerprint density at radius 1 is 1.26 bits per heavy atom. The van der Waals surface area contributed by atoms with E-state index in [0.29, 0.717) is 12.1 Å². The van der Waals surface area contributed by atoms with Crippen LogP contribution in [0.2, 0.25) is 0 Å². The number of carbonyl (C=O) groups excluding carboxylic acids is 2. The molecule has 0 aliphatic heterocycles. The number of ether oxygens (including phenoxy) is 1. The Morgan fingerprint density at radius 3 is 2.70 bits per heavy atom. The van der Waals surface area contributed by atoms with Gasteiger partial charge < -0.3 is 10.1 Å². The van der Waals surface area contributed by atoms with Gasteiger partial charge in [-0.1, -0.05) is 18.9 Å². The molecule has 1 amide bonds. The zero-order chi connectivity index (χ0) is 16.4. The smallest absolute Gasteiger partial charge is 0.235 e. The van der Waals surface area contributed by atoms with Gasteiger partial charge in [0.05, 0.1) is 7.11 Å². The molecule has 122 valence electrons. The summed E-state index contributed by atoms with van der Waals surface area (Å²) in [5, 5.41) is 2.86. The Morgan fingerprint density at radius 2 is 2.00 bits per heavy atom. The summed E-state index contributed by atoms with van der Waals surface area (Å²) in [6.45, 7) is 2.19. The second-order valence-electron chi connectivity index (χ2n) is 6.81. The minimum absolute atomic E-state index is 0.00801. The fourth-order valence-corrected chi connectivity index (χ4v) is 3.72. The van der Waals surface area contributed by atoms with E-state index in [1.807, 2.05) is 0 Å². The first-order chi connectivity index (χ1) is 11.0. The average Bonchev–Trinajstić information content (AvgIpc) is 2.55. The van der Waals surface area contributed by atoms with Gasteiger partial charge in [-0.05, 0) is 61.4 Å². The first-order valence-corrected chi connectivity index (χ1v) is 8.22. The number of rotatable bonds is 3. The number of amides is 1. The zero-order valence-corrected chi connectivity index (χ0v) is 13.7. The predicted molar refractivity (Wildman–Crippen MR) is 89.4 cm³/mol. The Labute approximate surface area is 136 Å². The highest BCUT2D eigenvalue weighted by atomic mass is 16.5. The van der Waals surface area contributed by atoms with Crippen LogP contribution in [0.4, 0.5) is 5.69 Å². The van der Waals surface area contributed by atoms with Gasteiger partial charge in [-0.25, -0.2) is 0 Å². The lowest BCUT2D eigenvalue weighted by atomic mass is 9.63. The second-order valence-corrected chi connectivity index (χ2v) is 6.81. The van der Waals surface area contributed by atoms with Crippen LogP contribution in [0.3, 0.4) is 0 Å². The average molecular weight is 313 g/mol. The highest BCUT2D eigenvalue weighted by Crippen LogP contribution is 2.48. The van der Waals surface area contributed by atoms with Crippen LogP contribution < -0.4 is 10.1 Å². The third kappa shape index (κ3) is 3.16. The maximum absolute atomic E-state index is 12.6. The molecule has 1 saturated carbocycles. The molecule has 2 aliphatic rings. The number of anilines is 1. The molecule has 0 saturated heterocycles. The van der Waals surface area contributed by atoms with E-state index in [2.05, 4.69) is 12.2 Å². The monoisotopic (exact) mass is 313 g/mol. The third-order valence-corrected chi connectivity index (χ3v) is 5.19. The fourth-order valence-electron chi connectivity index (χ4n) is 3.72. The van der Waals surface area contributed by atoms with Gasteiger partial charge in [0.25, 0.3) is 0 Å². The number of hydrogen-bond donors (Lipinski definition) is 1. The van der Waals surface area contributed by atoms with E-state index in [9.17, 15) is 9.59 Å². The van der Waals surface area contributed by atoms with Crippen LogP contribution in [0.25, 0.3) is 0 Å². The maximum Gasteiger partial charge on any atom is 0.235 e. The number of carbonyl (C=O) groups is 2. The molecule has 0 radical (unpaired) electrons. The van der Waals surface area contributed by atoms with Crippen LogP contribution in [-0.2, 0) is 9.59 Å². The topological polar surface area (TPSA) is 55.4 Å². The SMILES string of the molecule is COc1ccc(NC(=O)C2C[C@]3(C)CCCCC3=CC2=O)cc1. The normalized spacial score (nSPS) is 27.0. The van der Waals surface area contributed by atoms with Gasteiger partial charge in [0.2, 0.25) is 5.91 Å². The number of hydrogen-bond acceptors (Lipinski definition) is 3. The van der Waals surface area contributed by atoms with Crippen LogP contribution in [0.5, 0.6) is 5.75 Å². The number of benzene rings is 1. The van der Waals surface area contributed by atoms with E-state index in [1.165, 1.54) is 12.0 Å². The first-order valence-electron chi connectivity index (χ1n) is 8.22. The van der Waals surface area contributed by atoms with E-state index in [1.54, 1.807) is 37.5 Å². The maximum atomic E-state index is 12.6. The van der Waals surface area contributed by atoms with Crippen molar-refractivity contribution >= 4 is 17.4 Å². The van der Waals surface area contributed by atoms with Gasteiger partial charge in [-0.2, -0.15) is 0 Å². The molecule has 1 N–H and O–H groups in total. The summed E-state index contributed by atoms with van der Waals surface area (Å²) in [5.41, 5.74) is 1.93. The van der Waals surface area contributed by atoms with E-state index in [0.717, 1.165) is 25.0 Å². The Hall–Kier alpha value is -2.10. The molecule has 4 nitrogen and oxygen atoms in total. The number of fused-ring (bicyclic) bond motifs is 1. The van der Waals surface area contributed by atoms with Crippen LogP contribution in [0, 0.1) is 11.3 Å². The highest BCUT2D eigenvalue weighted by Gasteiger charge is 2.42. The molecule has 0 bridgehead atoms. The van der Waals surface area contributed by atoms with Crippen molar-refractivity contribution in [1.82, 2.24) is 0 Å². The van der Waals surface area contributed by atoms with E-state index in [4.69, 9.17) is 4.74 Å². The molecule has 1 unspecified atom stereocenters. The molecule has 3 rings (SSSR count). The van der Waals surface area contributed by atoms with Gasteiger partial charge in [-0.3, -0.25) is 9.59 Å². The fraction of sp³-hybridized carbons (Fsp3) is 0.474. The van der Waals surface area contributed by atoms with Gasteiger partial charge in [-0.15, -0.1) is 0 Å². The lowest BCUT2D eigenvalue weighted by molar-refractivity contribution is -0.130. The molecule has 0 heterocycles. The molecule has 0 spiro atoms. The van der Waals surface area contributed by atoms with Gasteiger partial charge in [0.1, 0.15) is 11.7 Å². The van der Waals surface area contributed by atoms with Crippen molar-refractivity contribution < 1.29 is 14.3 Å². The molecule has 1 aromatic rings. The van der Waals surface area contributed by atoms with Gasteiger partial charge in [0.15, 0.2) is 5.78 Å². The molecular weight excluding hydrogens is 290 g/mol. The number of allylic oxidation sites excluding steroid dienone is 2. The zero-order valence-electron chi connectivity index (χ0n) is 13.7. The van der Waals surface area contributed by atoms with Gasteiger partial charge in [0, 0.05) is 5.69 Å². The Bertz CT molecular complexity index is 647. The summed E-state index contributed by atoms with van der Waals surface area (Å²) in [6.07, 6.45) is 6.75. The van der Waals surface area contributed by atoms with Crippen LogP contribution >= 0.6 is 0 Å². The summed E-state index contributed by atoms with van der Waals surface area (Å²) < 4.78 is 5.11. The molecule has 2 aliphatic carbocycles. The van der Waals surface area contributed by atoms with E-state index < -0.39 is 5.92 Å². The van der Waals surface area contributed by atoms with Crippen molar-refractivity contribution in [2.45, 2.75) is 39.0 Å². The largest absolute Gasteiger partial charge is 0.497 e. The lowest BCUT2D eigenvalue weighted by Gasteiger charge is -2.41. The molecule has 1 fully saturated rings. The van der Waals surface area contributed by atoms with E-state index in [-0.39, 0.29) is 17.1 Å². The minimum Gasteiger partial charge on any atom is -0.497 e. The van der Waals surface area contributed by atoms with Crippen LogP contribution in [0.15, 0.2) is 35.9 Å². The Kier molecular flexibility index (Phi) is 4.24. The predicted octanol–water partition coefficient (Wildman–Crippen LogP) is 3.73. The van der Waals surface area contributed by atoms with Crippen molar-refractivity contribution in [2.24, 2.45) is 11.3 Å². The van der Waals surface area contributed by atoms with Crippen molar-refractivity contribution in [3.05, 3.63) is 35.9 Å². The van der Waals surface area contributed by atoms with Crippen molar-refractivity contribution in [3.63, 3.8) is 0 Å². The summed E-state index contributed by atoms with van der Waals surface area (Å²) in [7, 11) is 1.60. The summed E-state index contributed by atoms with van der Waals surface area (Å²) in [5.74, 6) is -0.101. The van der Waals surface area contributed by atoms with Crippen molar-refractivity contribution in [3.8, 4) is 5.75 Å². The molecule has 4 heteroatoms. The summed E-state index contributed by atoms with van der Waals surface area (Å²) in [6, 6.07) is 7.15. The van der Waals surface area contributed by atoms with E-state index >= 15 is 0 Å². The Balaban J connectivity index is 1.74. The number of nitrogens with one attached hydrogen (secondary N) is 1. The molecular formula is C19H23NO3. The van der Waals surface area contributed by atoms with Gasteiger partial charge >= 0.3 is 0 Å².